The summed E-state index contributed by atoms with van der Waals surface area (Å²) in [4.78, 5) is 45.6. The van der Waals surface area contributed by atoms with Gasteiger partial charge < -0.3 is 61.2 Å². The number of phosphoric acid groups is 2. The number of aliphatic hydroxyl groups excluding tert-OH is 5. The van der Waals surface area contributed by atoms with Gasteiger partial charge in [-0.3, -0.25) is 18.4 Å². The summed E-state index contributed by atoms with van der Waals surface area (Å²) >= 11 is 0. The number of hydrogen-bond donors (Lipinski definition) is 9. The fourth-order valence-electron chi connectivity index (χ4n) is 5.82. The molecule has 1 amide bonds. The lowest BCUT2D eigenvalue weighted by atomic mass is 9.81. The van der Waals surface area contributed by atoms with Gasteiger partial charge in [-0.1, -0.05) is 19.9 Å². The normalized spacial score (nSPS) is 33.6. The van der Waals surface area contributed by atoms with E-state index < -0.39 is 95.9 Å². The van der Waals surface area contributed by atoms with E-state index in [-0.39, 0.29) is 28.5 Å². The Morgan fingerprint density at radius 2 is 1.56 bits per heavy atom. The molecule has 11 N–H and O–H groups in total. The van der Waals surface area contributed by atoms with Crippen LogP contribution in [0.1, 0.15) is 26.5 Å². The van der Waals surface area contributed by atoms with Gasteiger partial charge in [0.25, 0.3) is 0 Å². The predicted octanol–water partition coefficient (Wildman–Crippen LogP) is -2.05. The zero-order valence-electron chi connectivity index (χ0n) is 26.5. The van der Waals surface area contributed by atoms with E-state index in [2.05, 4.69) is 19.3 Å². The molecule has 3 aliphatic heterocycles. The van der Waals surface area contributed by atoms with Crippen molar-refractivity contribution in [3.8, 4) is 0 Å². The molecule has 5 rings (SSSR count). The molecule has 5 heterocycles. The number of aromatic nitrogens is 4. The maximum atomic E-state index is 12.6. The molecule has 0 aromatic carbocycles. The van der Waals surface area contributed by atoms with Crippen molar-refractivity contribution >= 4 is 38.5 Å². The van der Waals surface area contributed by atoms with Gasteiger partial charge in [0.1, 0.15) is 48.5 Å². The molecule has 50 heavy (non-hydrogen) atoms. The monoisotopic (exact) mass is 751 g/mol. The van der Waals surface area contributed by atoms with Crippen molar-refractivity contribution in [2.45, 2.75) is 75.5 Å². The van der Waals surface area contributed by atoms with E-state index in [4.69, 9.17) is 30.0 Å². The third kappa shape index (κ3) is 7.93. The number of nitrogens with two attached hydrogens (primary N) is 2. The Morgan fingerprint density at radius 1 is 0.980 bits per heavy atom. The van der Waals surface area contributed by atoms with Crippen molar-refractivity contribution in [3.63, 3.8) is 0 Å². The van der Waals surface area contributed by atoms with Crippen LogP contribution in [0.3, 0.4) is 0 Å². The summed E-state index contributed by atoms with van der Waals surface area (Å²) in [5.41, 5.74) is 11.8. The Morgan fingerprint density at radius 3 is 2.14 bits per heavy atom. The number of nitrogens with zero attached hydrogens (tertiary/aromatic N) is 5. The van der Waals surface area contributed by atoms with Crippen molar-refractivity contribution in [3.05, 3.63) is 36.7 Å². The second kappa shape index (κ2) is 15.0. The lowest BCUT2D eigenvalue weighted by Gasteiger charge is -2.34. The molecule has 13 atom stereocenters. The maximum absolute atomic E-state index is 12.6. The zero-order chi connectivity index (χ0) is 36.7. The Labute approximate surface area is 283 Å². The first-order valence-electron chi connectivity index (χ1n) is 15.2. The fraction of sp³-hybridized carbons (Fsp3) is 0.615. The number of rotatable bonds is 14. The van der Waals surface area contributed by atoms with Crippen molar-refractivity contribution in [1.82, 2.24) is 24.4 Å². The smallest absolute Gasteiger partial charge is 0.393 e. The molecule has 0 spiro atoms. The highest BCUT2D eigenvalue weighted by molar-refractivity contribution is 7.61. The second-order valence-electron chi connectivity index (χ2n) is 11.9. The van der Waals surface area contributed by atoms with Crippen LogP contribution in [-0.2, 0) is 36.8 Å². The summed E-state index contributed by atoms with van der Waals surface area (Å²) in [6.45, 7) is 1.67. The molecule has 2 aromatic heterocycles. The number of phosphoric ester groups is 2. The molecule has 2 saturated heterocycles. The number of imidazole rings is 1. The molecule has 2 aromatic rings. The van der Waals surface area contributed by atoms with Gasteiger partial charge in [-0.05, 0) is 12.3 Å². The summed E-state index contributed by atoms with van der Waals surface area (Å²) in [5, 5.41) is 52.5. The maximum Gasteiger partial charge on any atom is 0.481 e. The first-order chi connectivity index (χ1) is 23.4. The van der Waals surface area contributed by atoms with Gasteiger partial charge in [0.15, 0.2) is 23.9 Å². The lowest BCUT2D eigenvalue weighted by molar-refractivity contribution is -0.115. The number of ether oxygens (including phenoxy) is 2. The van der Waals surface area contributed by atoms with Gasteiger partial charge in [0, 0.05) is 23.9 Å². The molecular formula is C26H39N7O15P2. The molecular weight excluding hydrogens is 712 g/mol. The Bertz CT molecular complexity index is 1710. The van der Waals surface area contributed by atoms with Crippen LogP contribution < -0.4 is 11.5 Å². The minimum absolute atomic E-state index is 0.0450. The van der Waals surface area contributed by atoms with E-state index in [1.165, 1.54) is 28.2 Å². The van der Waals surface area contributed by atoms with E-state index >= 15 is 0 Å². The molecule has 24 heteroatoms. The number of carbonyl (C=O) groups excluding carboxylic acids is 1. The molecule has 0 bridgehead atoms. The number of aliphatic hydroxyl groups is 5. The van der Waals surface area contributed by atoms with Crippen LogP contribution in [0.15, 0.2) is 36.7 Å². The van der Waals surface area contributed by atoms with Crippen molar-refractivity contribution in [2.75, 3.05) is 18.9 Å². The van der Waals surface area contributed by atoms with Gasteiger partial charge in [-0.25, -0.2) is 24.1 Å². The fourth-order valence-corrected chi connectivity index (χ4v) is 7.91. The predicted molar refractivity (Wildman–Crippen MR) is 166 cm³/mol. The second-order valence-corrected chi connectivity index (χ2v) is 14.9. The first kappa shape index (κ1) is 38.3. The summed E-state index contributed by atoms with van der Waals surface area (Å²) in [6.07, 6.45) is -5.78. The summed E-state index contributed by atoms with van der Waals surface area (Å²) in [6, 6.07) is 0. The first-order valence-corrected chi connectivity index (χ1v) is 18.2. The van der Waals surface area contributed by atoms with Gasteiger partial charge in [-0.2, -0.15) is 4.31 Å². The number of fused-ring (bicyclic) bond motifs is 1. The van der Waals surface area contributed by atoms with Crippen LogP contribution in [0.4, 0.5) is 5.82 Å². The van der Waals surface area contributed by atoms with Gasteiger partial charge in [0.05, 0.1) is 25.6 Å². The molecule has 0 radical (unpaired) electrons. The Balaban J connectivity index is 1.15. The number of amides is 1. The molecule has 0 saturated carbocycles. The van der Waals surface area contributed by atoms with E-state index in [0.29, 0.717) is 6.42 Å². The molecule has 2 fully saturated rings. The standard InChI is InChI=1S/C26H39N7O15P2/c1-3-14(34)11(2)12-4-5-32(6-13(12)23(28)39)25-20(37)18(35)15(46-25)7-44-49(40,41)48-50(42,43)45-8-16-19(36)21(38)26(47-16)33-10-31-17-22(27)29-9-30-24(17)33/h4-6,9-12,14-16,18-21,25-26,34-38H,3,7-8H2,1-2H3,(H2,28,39)(H,40,41)(H,42,43)(H2,27,29,30)/t11-,12+,14?,15+,16+,18+,19+,20+,21+,25+,26+/m0/s1. The molecule has 278 valence electrons. The van der Waals surface area contributed by atoms with Crippen LogP contribution in [0.25, 0.3) is 11.2 Å². The van der Waals surface area contributed by atoms with Crippen molar-refractivity contribution < 1.29 is 72.1 Å². The van der Waals surface area contributed by atoms with Gasteiger partial charge in [-0.15, -0.1) is 0 Å². The Kier molecular flexibility index (Phi) is 11.5. The van der Waals surface area contributed by atoms with E-state index in [0.717, 1.165) is 6.33 Å². The highest BCUT2D eigenvalue weighted by Crippen LogP contribution is 2.60. The Hall–Kier alpha value is -2.92. The SMILES string of the molecule is CCC(O)[C@@H](C)[C@H]1C=CN([C@@H]2O[C@H](COP(=O)(O)OP(=O)(O)OC[C@H]3O[C@@H](n4cnc5c(N)ncnc54)[C@H](O)[C@@H]3O)[C@@H](O)[C@H]2O)C=C1C(N)=O. The number of hydrogen-bond acceptors (Lipinski definition) is 18. The third-order valence-electron chi connectivity index (χ3n) is 8.63. The molecule has 22 nitrogen and oxygen atoms in total. The summed E-state index contributed by atoms with van der Waals surface area (Å²) in [5.74, 6) is -1.69. The average molecular weight is 752 g/mol. The summed E-state index contributed by atoms with van der Waals surface area (Å²) in [7, 11) is -10.8. The lowest BCUT2D eigenvalue weighted by Crippen LogP contribution is -2.42. The highest BCUT2D eigenvalue weighted by Gasteiger charge is 2.49. The zero-order valence-corrected chi connectivity index (χ0v) is 28.3. The van der Waals surface area contributed by atoms with Crippen LogP contribution >= 0.6 is 15.6 Å². The minimum atomic E-state index is -5.42. The van der Waals surface area contributed by atoms with Crippen LogP contribution in [0.2, 0.25) is 0 Å². The average Bonchev–Trinajstić information content (AvgIpc) is 3.71. The van der Waals surface area contributed by atoms with E-state index in [9.17, 15) is 49.2 Å². The quantitative estimate of drug-likeness (QED) is 0.0938. The van der Waals surface area contributed by atoms with Crippen LogP contribution in [0, 0.1) is 11.8 Å². The van der Waals surface area contributed by atoms with Crippen LogP contribution in [-0.4, -0.2) is 128 Å². The van der Waals surface area contributed by atoms with E-state index in [1.807, 2.05) is 0 Å². The third-order valence-corrected chi connectivity index (χ3v) is 11.2. The van der Waals surface area contributed by atoms with E-state index in [1.54, 1.807) is 19.9 Å². The van der Waals surface area contributed by atoms with Crippen molar-refractivity contribution in [2.24, 2.45) is 17.6 Å². The summed E-state index contributed by atoms with van der Waals surface area (Å²) < 4.78 is 51.4. The number of allylic oxidation sites excluding steroid dienone is 1. The van der Waals surface area contributed by atoms with Gasteiger partial charge in [0.2, 0.25) is 5.91 Å². The molecule has 0 aliphatic carbocycles. The largest absolute Gasteiger partial charge is 0.481 e. The number of carbonyl (C=O) groups is 1. The number of nitrogen functional groups attached to an aromatic ring is 1. The minimum Gasteiger partial charge on any atom is -0.393 e. The van der Waals surface area contributed by atoms with Crippen molar-refractivity contribution in [1.29, 1.82) is 0 Å². The highest BCUT2D eigenvalue weighted by atomic mass is 31.3. The number of anilines is 1. The number of primary amides is 1. The van der Waals surface area contributed by atoms with Crippen LogP contribution in [0.5, 0.6) is 0 Å². The molecule has 3 aliphatic rings. The topological polar surface area (TPSA) is 338 Å². The van der Waals surface area contributed by atoms with Gasteiger partial charge >= 0.3 is 15.6 Å². The molecule has 3 unspecified atom stereocenters.